The molecule has 2 aromatic heterocycles. The summed E-state index contributed by atoms with van der Waals surface area (Å²) in [7, 11) is 0. The molecule has 0 bridgehead atoms. The highest BCUT2D eigenvalue weighted by molar-refractivity contribution is 5.91. The fraction of sp³-hybridized carbons (Fsp3) is 0.400. The van der Waals surface area contributed by atoms with Gasteiger partial charge in [-0.1, -0.05) is 0 Å². The lowest BCUT2D eigenvalue weighted by atomic mass is 10.4. The van der Waals surface area contributed by atoms with Crippen molar-refractivity contribution in [3.63, 3.8) is 0 Å². The number of hydrogen-bond acceptors (Lipinski definition) is 4. The van der Waals surface area contributed by atoms with Crippen LogP contribution in [0, 0.1) is 0 Å². The van der Waals surface area contributed by atoms with Crippen LogP contribution in [0.3, 0.4) is 0 Å². The molecule has 2 heterocycles. The molecular formula is C10H12N6O. The summed E-state index contributed by atoms with van der Waals surface area (Å²) in [6.07, 6.45) is 5.27. The van der Waals surface area contributed by atoms with Gasteiger partial charge in [-0.25, -0.2) is 9.97 Å². The number of H-pyrrole nitrogens is 2. The number of imidazole rings is 1. The zero-order valence-electron chi connectivity index (χ0n) is 9.10. The van der Waals surface area contributed by atoms with Gasteiger partial charge in [0.25, 0.3) is 5.91 Å². The molecule has 1 saturated carbocycles. The smallest absolute Gasteiger partial charge is 0.269 e. The Morgan fingerprint density at radius 2 is 2.41 bits per heavy atom. The van der Waals surface area contributed by atoms with E-state index in [-0.39, 0.29) is 5.91 Å². The lowest BCUT2D eigenvalue weighted by molar-refractivity contribution is 0.0945. The van der Waals surface area contributed by atoms with Crippen LogP contribution in [-0.2, 0) is 6.54 Å². The number of aromatic nitrogens is 5. The maximum atomic E-state index is 11.6. The van der Waals surface area contributed by atoms with Gasteiger partial charge in [-0.05, 0) is 12.8 Å². The Kier molecular flexibility index (Phi) is 2.36. The van der Waals surface area contributed by atoms with Gasteiger partial charge >= 0.3 is 0 Å². The van der Waals surface area contributed by atoms with E-state index >= 15 is 0 Å². The van der Waals surface area contributed by atoms with Gasteiger partial charge in [-0.3, -0.25) is 9.89 Å². The third-order valence-corrected chi connectivity index (χ3v) is 2.65. The highest BCUT2D eigenvalue weighted by Gasteiger charge is 2.27. The van der Waals surface area contributed by atoms with Gasteiger partial charge < -0.3 is 10.3 Å². The van der Waals surface area contributed by atoms with Crippen LogP contribution in [0.25, 0.3) is 0 Å². The summed E-state index contributed by atoms with van der Waals surface area (Å²) >= 11 is 0. The monoisotopic (exact) mass is 232 g/mol. The molecule has 2 aromatic rings. The predicted molar refractivity (Wildman–Crippen MR) is 58.1 cm³/mol. The third-order valence-electron chi connectivity index (χ3n) is 2.65. The van der Waals surface area contributed by atoms with Crippen molar-refractivity contribution in [3.8, 4) is 0 Å². The molecule has 17 heavy (non-hydrogen) atoms. The van der Waals surface area contributed by atoms with Crippen LogP contribution in [0.4, 0.5) is 0 Å². The fourth-order valence-electron chi connectivity index (χ4n) is 1.55. The molecule has 7 heteroatoms. The Labute approximate surface area is 97.1 Å². The van der Waals surface area contributed by atoms with Gasteiger partial charge in [-0.2, -0.15) is 5.10 Å². The first-order valence-electron chi connectivity index (χ1n) is 5.50. The number of nitrogens with one attached hydrogen (secondary N) is 3. The molecule has 1 aliphatic carbocycles. The van der Waals surface area contributed by atoms with Crippen LogP contribution in [0.15, 0.2) is 12.5 Å². The van der Waals surface area contributed by atoms with E-state index in [9.17, 15) is 4.79 Å². The molecule has 0 saturated heterocycles. The summed E-state index contributed by atoms with van der Waals surface area (Å²) < 4.78 is 0. The van der Waals surface area contributed by atoms with Crippen molar-refractivity contribution in [2.24, 2.45) is 0 Å². The van der Waals surface area contributed by atoms with Crippen molar-refractivity contribution in [2.45, 2.75) is 25.3 Å². The van der Waals surface area contributed by atoms with Crippen LogP contribution in [0.5, 0.6) is 0 Å². The lowest BCUT2D eigenvalue weighted by Crippen LogP contribution is -2.23. The quantitative estimate of drug-likeness (QED) is 0.707. The fourth-order valence-corrected chi connectivity index (χ4v) is 1.55. The first kappa shape index (κ1) is 10.0. The van der Waals surface area contributed by atoms with Crippen molar-refractivity contribution in [2.75, 3.05) is 0 Å². The molecule has 7 nitrogen and oxygen atoms in total. The SMILES string of the molecule is O=C(NCc1nc(C2CC2)n[nH]1)c1cnc[nH]1. The van der Waals surface area contributed by atoms with Crippen molar-refractivity contribution in [3.05, 3.63) is 29.9 Å². The molecule has 0 atom stereocenters. The molecule has 1 amide bonds. The lowest BCUT2D eigenvalue weighted by Gasteiger charge is -1.99. The Morgan fingerprint density at radius 1 is 1.53 bits per heavy atom. The Bertz CT molecular complexity index is 513. The van der Waals surface area contributed by atoms with Crippen molar-refractivity contribution < 1.29 is 4.79 Å². The second-order valence-electron chi connectivity index (χ2n) is 4.06. The molecular weight excluding hydrogens is 220 g/mol. The number of rotatable bonds is 4. The van der Waals surface area contributed by atoms with Crippen LogP contribution in [0.1, 0.15) is 40.9 Å². The number of amides is 1. The molecule has 3 rings (SSSR count). The molecule has 0 unspecified atom stereocenters. The zero-order valence-corrected chi connectivity index (χ0v) is 9.10. The van der Waals surface area contributed by atoms with Crippen molar-refractivity contribution >= 4 is 5.91 Å². The van der Waals surface area contributed by atoms with Gasteiger partial charge in [0, 0.05) is 5.92 Å². The van der Waals surface area contributed by atoms with Crippen LogP contribution in [-0.4, -0.2) is 31.1 Å². The minimum atomic E-state index is -0.202. The average molecular weight is 232 g/mol. The zero-order chi connectivity index (χ0) is 11.7. The minimum Gasteiger partial charge on any atom is -0.343 e. The van der Waals surface area contributed by atoms with Crippen LogP contribution < -0.4 is 5.32 Å². The van der Waals surface area contributed by atoms with E-state index in [0.717, 1.165) is 18.7 Å². The molecule has 3 N–H and O–H groups in total. The van der Waals surface area contributed by atoms with Crippen LogP contribution >= 0.6 is 0 Å². The second-order valence-corrected chi connectivity index (χ2v) is 4.06. The van der Waals surface area contributed by atoms with Gasteiger partial charge in [0.05, 0.1) is 19.1 Å². The first-order chi connectivity index (χ1) is 8.33. The third kappa shape index (κ3) is 2.17. The normalized spacial score (nSPS) is 14.8. The summed E-state index contributed by atoms with van der Waals surface area (Å²) in [5.74, 6) is 1.85. The standard InChI is InChI=1S/C10H12N6O/c17-10(7-3-11-5-13-7)12-4-8-14-9(16-15-8)6-1-2-6/h3,5-6H,1-2,4H2,(H,11,13)(H,12,17)(H,14,15,16). The van der Waals surface area contributed by atoms with E-state index in [1.54, 1.807) is 0 Å². The summed E-state index contributed by atoms with van der Waals surface area (Å²) in [5, 5.41) is 9.67. The number of nitrogens with zero attached hydrogens (tertiary/aromatic N) is 3. The van der Waals surface area contributed by atoms with Crippen LogP contribution in [0.2, 0.25) is 0 Å². The summed E-state index contributed by atoms with van der Waals surface area (Å²) in [6, 6.07) is 0. The average Bonchev–Trinajstić information content (AvgIpc) is 2.88. The maximum absolute atomic E-state index is 11.6. The number of hydrogen-bond donors (Lipinski definition) is 3. The number of carbonyl (C=O) groups excluding carboxylic acids is 1. The van der Waals surface area contributed by atoms with Crippen molar-refractivity contribution in [1.29, 1.82) is 0 Å². The van der Waals surface area contributed by atoms with Gasteiger partial charge in [0.1, 0.15) is 11.5 Å². The maximum Gasteiger partial charge on any atom is 0.269 e. The minimum absolute atomic E-state index is 0.202. The topological polar surface area (TPSA) is 99.3 Å². The van der Waals surface area contributed by atoms with E-state index in [0.29, 0.717) is 24.0 Å². The molecule has 0 aromatic carbocycles. The van der Waals surface area contributed by atoms with E-state index in [4.69, 9.17) is 0 Å². The van der Waals surface area contributed by atoms with E-state index < -0.39 is 0 Å². The second kappa shape index (κ2) is 4.00. The molecule has 1 fully saturated rings. The molecule has 0 spiro atoms. The number of carbonyl (C=O) groups is 1. The first-order valence-corrected chi connectivity index (χ1v) is 5.50. The van der Waals surface area contributed by atoms with E-state index in [1.165, 1.54) is 12.5 Å². The summed E-state index contributed by atoms with van der Waals surface area (Å²) in [5.41, 5.74) is 0.437. The summed E-state index contributed by atoms with van der Waals surface area (Å²) in [4.78, 5) is 22.4. The highest BCUT2D eigenvalue weighted by Crippen LogP contribution is 2.37. The van der Waals surface area contributed by atoms with Gasteiger partial charge in [-0.15, -0.1) is 0 Å². The molecule has 1 aliphatic rings. The molecule has 0 aliphatic heterocycles. The Balaban J connectivity index is 1.58. The molecule has 88 valence electrons. The summed E-state index contributed by atoms with van der Waals surface area (Å²) in [6.45, 7) is 0.345. The highest BCUT2D eigenvalue weighted by atomic mass is 16.1. The predicted octanol–water partition coefficient (Wildman–Crippen LogP) is 0.335. The van der Waals surface area contributed by atoms with E-state index in [1.807, 2.05) is 0 Å². The Hall–Kier alpha value is -2.18. The Morgan fingerprint density at radius 3 is 3.12 bits per heavy atom. The van der Waals surface area contributed by atoms with Gasteiger partial charge in [0.2, 0.25) is 0 Å². The van der Waals surface area contributed by atoms with E-state index in [2.05, 4.69) is 30.5 Å². The number of aromatic amines is 2. The van der Waals surface area contributed by atoms with Gasteiger partial charge in [0.15, 0.2) is 5.82 Å². The largest absolute Gasteiger partial charge is 0.343 e. The molecule has 0 radical (unpaired) electrons. The van der Waals surface area contributed by atoms with Crippen molar-refractivity contribution in [1.82, 2.24) is 30.5 Å².